The van der Waals surface area contributed by atoms with Crippen molar-refractivity contribution in [3.05, 3.63) is 65.6 Å². The molecule has 130 valence electrons. The van der Waals surface area contributed by atoms with Crippen LogP contribution in [0.15, 0.2) is 48.8 Å². The molecule has 0 saturated carbocycles. The highest BCUT2D eigenvalue weighted by atomic mass is 16.2. The predicted molar refractivity (Wildman–Crippen MR) is 103 cm³/mol. The summed E-state index contributed by atoms with van der Waals surface area (Å²) in [5.41, 5.74) is 4.71. The third kappa shape index (κ3) is 2.34. The van der Waals surface area contributed by atoms with Gasteiger partial charge in [-0.15, -0.1) is 0 Å². The maximum Gasteiger partial charge on any atom is 0.274 e. The van der Waals surface area contributed by atoms with Crippen LogP contribution >= 0.6 is 0 Å². The highest BCUT2D eigenvalue weighted by Gasteiger charge is 2.21. The Kier molecular flexibility index (Phi) is 3.70. The summed E-state index contributed by atoms with van der Waals surface area (Å²) in [5, 5.41) is 2.97. The topological polar surface area (TPSA) is 77.0 Å². The largest absolute Gasteiger partial charge is 0.333 e. The number of anilines is 1. The van der Waals surface area contributed by atoms with Crippen molar-refractivity contribution in [3.8, 4) is 0 Å². The van der Waals surface area contributed by atoms with E-state index in [1.807, 2.05) is 55.8 Å². The van der Waals surface area contributed by atoms with Gasteiger partial charge >= 0.3 is 0 Å². The summed E-state index contributed by atoms with van der Waals surface area (Å²) in [7, 11) is 1.96. The molecule has 0 atom stereocenters. The van der Waals surface area contributed by atoms with Crippen molar-refractivity contribution in [2.24, 2.45) is 12.9 Å². The van der Waals surface area contributed by atoms with Crippen molar-refractivity contribution in [2.75, 3.05) is 5.01 Å². The first-order valence-electron chi connectivity index (χ1n) is 8.33. The van der Waals surface area contributed by atoms with Gasteiger partial charge < -0.3 is 4.57 Å². The molecule has 0 unspecified atom stereocenters. The zero-order chi connectivity index (χ0) is 18.4. The molecule has 3 aromatic heterocycles. The molecule has 0 fully saturated rings. The number of hydrazine groups is 1. The van der Waals surface area contributed by atoms with Crippen LogP contribution in [0.1, 0.15) is 21.6 Å². The summed E-state index contributed by atoms with van der Waals surface area (Å²) in [4.78, 5) is 21.9. The van der Waals surface area contributed by atoms with Gasteiger partial charge in [-0.25, -0.2) is 15.8 Å². The molecule has 0 spiro atoms. The van der Waals surface area contributed by atoms with Crippen LogP contribution in [0, 0.1) is 13.8 Å². The lowest BCUT2D eigenvalue weighted by Crippen LogP contribution is -2.38. The van der Waals surface area contributed by atoms with Gasteiger partial charge in [0.25, 0.3) is 5.91 Å². The predicted octanol–water partition coefficient (Wildman–Crippen LogP) is 3.26. The fraction of sp³-hybridized carbons (Fsp3) is 0.150. The average Bonchev–Trinajstić information content (AvgIpc) is 2.96. The fourth-order valence-corrected chi connectivity index (χ4v) is 3.26. The molecule has 0 aliphatic carbocycles. The Morgan fingerprint density at radius 2 is 1.88 bits per heavy atom. The number of para-hydroxylation sites is 1. The van der Waals surface area contributed by atoms with Crippen molar-refractivity contribution in [1.82, 2.24) is 14.5 Å². The number of hydrogen-bond acceptors (Lipinski definition) is 4. The lowest BCUT2D eigenvalue weighted by Gasteiger charge is -2.19. The number of aryl methyl sites for hydroxylation is 3. The second-order valence-electron chi connectivity index (χ2n) is 6.40. The minimum atomic E-state index is -0.297. The van der Waals surface area contributed by atoms with Crippen molar-refractivity contribution < 1.29 is 4.79 Å². The first-order chi connectivity index (χ1) is 12.5. The van der Waals surface area contributed by atoms with E-state index in [-0.39, 0.29) is 5.91 Å². The van der Waals surface area contributed by atoms with Crippen molar-refractivity contribution in [3.63, 3.8) is 0 Å². The van der Waals surface area contributed by atoms with Gasteiger partial charge in [0.1, 0.15) is 5.65 Å². The van der Waals surface area contributed by atoms with E-state index >= 15 is 0 Å². The average molecular weight is 345 g/mol. The maximum atomic E-state index is 13.1. The van der Waals surface area contributed by atoms with Crippen LogP contribution in [0.5, 0.6) is 0 Å². The van der Waals surface area contributed by atoms with Crippen LogP contribution < -0.4 is 10.9 Å². The molecule has 26 heavy (non-hydrogen) atoms. The number of nitrogens with zero attached hydrogens (tertiary/aromatic N) is 4. The van der Waals surface area contributed by atoms with E-state index in [4.69, 9.17) is 5.84 Å². The number of hydrogen-bond donors (Lipinski definition) is 1. The van der Waals surface area contributed by atoms with Crippen LogP contribution in [0.3, 0.4) is 0 Å². The summed E-state index contributed by atoms with van der Waals surface area (Å²) >= 11 is 0. The minimum absolute atomic E-state index is 0.297. The molecular weight excluding hydrogens is 326 g/mol. The van der Waals surface area contributed by atoms with Gasteiger partial charge in [-0.2, -0.15) is 0 Å². The number of nitrogens with two attached hydrogens (primary N) is 1. The van der Waals surface area contributed by atoms with Crippen LogP contribution in [-0.4, -0.2) is 20.4 Å². The minimum Gasteiger partial charge on any atom is -0.333 e. The Morgan fingerprint density at radius 3 is 2.69 bits per heavy atom. The molecule has 0 saturated heterocycles. The molecular formula is C20H19N5O. The molecule has 0 aliphatic rings. The molecule has 1 aromatic carbocycles. The zero-order valence-corrected chi connectivity index (χ0v) is 14.9. The normalized spacial score (nSPS) is 11.2. The van der Waals surface area contributed by atoms with E-state index in [2.05, 4.69) is 9.97 Å². The van der Waals surface area contributed by atoms with E-state index in [1.165, 1.54) is 5.01 Å². The smallest absolute Gasteiger partial charge is 0.274 e. The summed E-state index contributed by atoms with van der Waals surface area (Å²) < 4.78 is 2.01. The van der Waals surface area contributed by atoms with Gasteiger partial charge in [0, 0.05) is 35.9 Å². The van der Waals surface area contributed by atoms with Gasteiger partial charge in [0.15, 0.2) is 0 Å². The fourth-order valence-electron chi connectivity index (χ4n) is 3.26. The van der Waals surface area contributed by atoms with Gasteiger partial charge in [-0.3, -0.25) is 9.78 Å². The number of benzene rings is 1. The number of fused-ring (bicyclic) bond motifs is 2. The summed E-state index contributed by atoms with van der Waals surface area (Å²) in [6.45, 7) is 3.94. The van der Waals surface area contributed by atoms with Crippen LogP contribution in [0.2, 0.25) is 0 Å². The van der Waals surface area contributed by atoms with E-state index in [1.54, 1.807) is 18.5 Å². The number of carbonyl (C=O) groups excluding carboxylic acids is 1. The second-order valence-corrected chi connectivity index (χ2v) is 6.40. The summed E-state index contributed by atoms with van der Waals surface area (Å²) in [6, 6.07) is 11.4. The van der Waals surface area contributed by atoms with Crippen molar-refractivity contribution >= 4 is 33.5 Å². The molecule has 0 radical (unpaired) electrons. The number of aromatic nitrogens is 3. The van der Waals surface area contributed by atoms with E-state index < -0.39 is 0 Å². The van der Waals surface area contributed by atoms with E-state index in [0.29, 0.717) is 11.3 Å². The third-order valence-electron chi connectivity index (χ3n) is 4.90. The summed E-state index contributed by atoms with van der Waals surface area (Å²) in [6.07, 6.45) is 3.25. The molecule has 4 rings (SSSR count). The Bertz CT molecular complexity index is 1160. The highest BCUT2D eigenvalue weighted by Crippen LogP contribution is 2.27. The number of rotatable bonds is 2. The summed E-state index contributed by atoms with van der Waals surface area (Å²) in [5.74, 6) is 5.91. The van der Waals surface area contributed by atoms with Crippen molar-refractivity contribution in [2.45, 2.75) is 13.8 Å². The van der Waals surface area contributed by atoms with E-state index in [0.717, 1.165) is 33.2 Å². The van der Waals surface area contributed by atoms with Crippen molar-refractivity contribution in [1.29, 1.82) is 0 Å². The molecule has 2 N–H and O–H groups in total. The standard InChI is InChI=1S/C20H19N5O/c1-12-10-15-13(2)16(11-23-19(15)24(12)3)20(26)25(21)18-8-9-22-17-7-5-4-6-14(17)18/h4-11H,21H2,1-3H3. The Hall–Kier alpha value is -3.25. The maximum absolute atomic E-state index is 13.1. The molecule has 6 heteroatoms. The molecule has 0 bridgehead atoms. The molecule has 3 heterocycles. The van der Waals surface area contributed by atoms with Gasteiger partial charge in [-0.1, -0.05) is 18.2 Å². The second kappa shape index (κ2) is 5.93. The van der Waals surface area contributed by atoms with Crippen LogP contribution in [-0.2, 0) is 7.05 Å². The molecule has 0 aliphatic heterocycles. The highest BCUT2D eigenvalue weighted by molar-refractivity contribution is 6.11. The quantitative estimate of drug-likeness (QED) is 0.344. The molecule has 1 amide bonds. The van der Waals surface area contributed by atoms with Gasteiger partial charge in [-0.05, 0) is 37.6 Å². The third-order valence-corrected chi connectivity index (χ3v) is 4.90. The SMILES string of the molecule is Cc1c(C(=O)N(N)c2ccnc3ccccc23)cnc2c1cc(C)n2C. The lowest BCUT2D eigenvalue weighted by molar-refractivity contribution is 0.0986. The Labute approximate surface area is 150 Å². The lowest BCUT2D eigenvalue weighted by atomic mass is 10.1. The number of amides is 1. The Morgan fingerprint density at radius 1 is 1.12 bits per heavy atom. The monoisotopic (exact) mass is 345 g/mol. The Balaban J connectivity index is 1.82. The van der Waals surface area contributed by atoms with E-state index in [9.17, 15) is 4.79 Å². The number of pyridine rings is 2. The van der Waals surface area contributed by atoms with Gasteiger partial charge in [0.05, 0.1) is 16.8 Å². The molecule has 6 nitrogen and oxygen atoms in total. The zero-order valence-electron chi connectivity index (χ0n) is 14.9. The first kappa shape index (κ1) is 16.2. The first-order valence-corrected chi connectivity index (χ1v) is 8.33. The number of carbonyl (C=O) groups is 1. The van der Waals surface area contributed by atoms with Crippen LogP contribution in [0.4, 0.5) is 5.69 Å². The van der Waals surface area contributed by atoms with Crippen LogP contribution in [0.25, 0.3) is 21.9 Å². The van der Waals surface area contributed by atoms with Gasteiger partial charge in [0.2, 0.25) is 0 Å². The molecule has 4 aromatic rings.